The molecule has 0 spiro atoms. The van der Waals surface area contributed by atoms with Crippen molar-refractivity contribution in [2.24, 2.45) is 4.99 Å². The smallest absolute Gasteiger partial charge is 0.155 e. The Kier molecular flexibility index (Phi) is 3.05. The summed E-state index contributed by atoms with van der Waals surface area (Å²) in [6.45, 7) is 1.60. The highest BCUT2D eigenvalue weighted by molar-refractivity contribution is 8.15. The molecule has 4 rings (SSSR count). The highest BCUT2D eigenvalue weighted by Gasteiger charge is 2.25. The topological polar surface area (TPSA) is 42.3 Å². The van der Waals surface area contributed by atoms with E-state index in [4.69, 9.17) is 4.98 Å². The first kappa shape index (κ1) is 13.0. The summed E-state index contributed by atoms with van der Waals surface area (Å²) in [5.74, 6) is 0.866. The Morgan fingerprint density at radius 2 is 2.10 bits per heavy atom. The van der Waals surface area contributed by atoms with Crippen LogP contribution in [0.4, 0.5) is 0 Å². The van der Waals surface area contributed by atoms with Gasteiger partial charge >= 0.3 is 0 Å². The van der Waals surface area contributed by atoms with Crippen LogP contribution in [0.5, 0.6) is 0 Å². The minimum absolute atomic E-state index is 0.129. The van der Waals surface area contributed by atoms with Crippen molar-refractivity contribution in [3.63, 3.8) is 0 Å². The Morgan fingerprint density at radius 1 is 1.24 bits per heavy atom. The molecule has 2 heterocycles. The zero-order valence-corrected chi connectivity index (χ0v) is 13.0. The Hall–Kier alpha value is -1.72. The minimum atomic E-state index is -0.200. The number of rotatable bonds is 2. The van der Waals surface area contributed by atoms with Gasteiger partial charge in [-0.1, -0.05) is 30.3 Å². The van der Waals surface area contributed by atoms with E-state index < -0.39 is 0 Å². The highest BCUT2D eigenvalue weighted by atomic mass is 32.2. The molecule has 5 heteroatoms. The van der Waals surface area contributed by atoms with Crippen LogP contribution in [0.3, 0.4) is 0 Å². The first-order chi connectivity index (χ1) is 10.2. The van der Waals surface area contributed by atoms with E-state index >= 15 is 0 Å². The van der Waals surface area contributed by atoms with Gasteiger partial charge < -0.3 is 0 Å². The lowest BCUT2D eigenvalue weighted by atomic mass is 10.1. The van der Waals surface area contributed by atoms with Crippen molar-refractivity contribution in [3.8, 4) is 0 Å². The summed E-state index contributed by atoms with van der Waals surface area (Å²) in [5.41, 5.74) is 1.00. The van der Waals surface area contributed by atoms with Crippen molar-refractivity contribution >= 4 is 54.9 Å². The van der Waals surface area contributed by atoms with Crippen molar-refractivity contribution in [1.82, 2.24) is 4.98 Å². The number of carbonyl (C=O) groups is 1. The Balaban J connectivity index is 1.86. The van der Waals surface area contributed by atoms with Crippen LogP contribution in [0.2, 0.25) is 0 Å². The number of ketones is 1. The number of hydrogen-bond donors (Lipinski definition) is 0. The van der Waals surface area contributed by atoms with Crippen LogP contribution in [0, 0.1) is 0 Å². The third-order valence-corrected chi connectivity index (χ3v) is 5.88. The monoisotopic (exact) mass is 312 g/mol. The van der Waals surface area contributed by atoms with Crippen LogP contribution >= 0.6 is 23.1 Å². The molecule has 1 aliphatic rings. The third kappa shape index (κ3) is 2.17. The number of thioether (sulfide) groups is 1. The summed E-state index contributed by atoms with van der Waals surface area (Å²) < 4.78 is 1.19. The lowest BCUT2D eigenvalue weighted by molar-refractivity contribution is -0.117. The Labute approximate surface area is 130 Å². The second-order valence-electron chi connectivity index (χ2n) is 5.03. The van der Waals surface area contributed by atoms with Gasteiger partial charge in [0, 0.05) is 11.1 Å². The molecule has 1 atom stereocenters. The number of aromatic nitrogens is 1. The van der Waals surface area contributed by atoms with Gasteiger partial charge in [0.2, 0.25) is 0 Å². The molecule has 104 valence electrons. The second kappa shape index (κ2) is 4.93. The van der Waals surface area contributed by atoms with E-state index in [-0.39, 0.29) is 11.8 Å². The number of aliphatic imine (C=N–C) groups is 1. The molecular weight excluding hydrogens is 300 g/mol. The van der Waals surface area contributed by atoms with Crippen LogP contribution in [0.15, 0.2) is 41.4 Å². The van der Waals surface area contributed by atoms with E-state index in [0.29, 0.717) is 0 Å². The normalized spacial score (nSPS) is 18.3. The number of fused-ring (bicyclic) bond motifs is 3. The van der Waals surface area contributed by atoms with Gasteiger partial charge in [-0.3, -0.25) is 9.79 Å². The van der Waals surface area contributed by atoms with Crippen LogP contribution in [0.1, 0.15) is 11.9 Å². The molecule has 0 amide bonds. The maximum atomic E-state index is 11.4. The molecule has 2 aromatic carbocycles. The molecular formula is C16H12N2OS2. The minimum Gasteiger partial charge on any atom is -0.298 e. The fourth-order valence-corrected chi connectivity index (χ4v) is 4.74. The number of carbonyl (C=O) groups excluding carboxylic acids is 1. The average Bonchev–Trinajstić information content (AvgIpc) is 3.13. The predicted molar refractivity (Wildman–Crippen MR) is 90.6 cm³/mol. The molecule has 0 radical (unpaired) electrons. The van der Waals surface area contributed by atoms with Gasteiger partial charge in [-0.05, 0) is 18.4 Å². The van der Waals surface area contributed by atoms with Crippen molar-refractivity contribution in [2.75, 3.05) is 5.75 Å². The first-order valence-corrected chi connectivity index (χ1v) is 8.52. The molecule has 0 saturated heterocycles. The summed E-state index contributed by atoms with van der Waals surface area (Å²) in [4.78, 5) is 20.6. The Morgan fingerprint density at radius 3 is 2.90 bits per heavy atom. The van der Waals surface area contributed by atoms with Crippen LogP contribution in [-0.4, -0.2) is 27.6 Å². The molecule has 0 aliphatic carbocycles. The third-order valence-electron chi connectivity index (χ3n) is 3.58. The first-order valence-electron chi connectivity index (χ1n) is 6.72. The van der Waals surface area contributed by atoms with Gasteiger partial charge in [0.05, 0.1) is 10.2 Å². The highest BCUT2D eigenvalue weighted by Crippen LogP contribution is 2.33. The fraction of sp³-hybridized carbons (Fsp3) is 0.188. The molecule has 1 unspecified atom stereocenters. The molecule has 0 saturated carbocycles. The quantitative estimate of drug-likeness (QED) is 0.720. The molecule has 0 bridgehead atoms. The van der Waals surface area contributed by atoms with Crippen LogP contribution < -0.4 is 0 Å². The lowest BCUT2D eigenvalue weighted by Gasteiger charge is -1.96. The number of Topliss-reactive ketones (excluding diaryl/α,β-unsaturated/α-hetero) is 1. The molecule has 3 nitrogen and oxygen atoms in total. The van der Waals surface area contributed by atoms with E-state index in [2.05, 4.69) is 35.3 Å². The summed E-state index contributed by atoms with van der Waals surface area (Å²) in [5, 5.41) is 4.28. The second-order valence-corrected chi connectivity index (χ2v) is 7.03. The molecule has 0 N–H and O–H groups in total. The van der Waals surface area contributed by atoms with E-state index in [1.165, 1.54) is 15.5 Å². The maximum Gasteiger partial charge on any atom is 0.155 e. The summed E-state index contributed by atoms with van der Waals surface area (Å²) >= 11 is 3.29. The number of hydrogen-bond acceptors (Lipinski definition) is 5. The number of benzene rings is 2. The van der Waals surface area contributed by atoms with Crippen molar-refractivity contribution < 1.29 is 4.79 Å². The number of thiazole rings is 1. The molecule has 1 aliphatic heterocycles. The van der Waals surface area contributed by atoms with Gasteiger partial charge in [-0.25, -0.2) is 4.98 Å². The zero-order valence-electron chi connectivity index (χ0n) is 11.4. The molecule has 0 fully saturated rings. The van der Waals surface area contributed by atoms with E-state index in [0.717, 1.165) is 21.3 Å². The van der Waals surface area contributed by atoms with E-state index in [1.54, 1.807) is 30.0 Å². The largest absolute Gasteiger partial charge is 0.298 e. The van der Waals surface area contributed by atoms with E-state index in [1.807, 2.05) is 6.07 Å². The summed E-state index contributed by atoms with van der Waals surface area (Å²) in [6.07, 6.45) is 0. The van der Waals surface area contributed by atoms with Crippen molar-refractivity contribution in [3.05, 3.63) is 41.4 Å². The predicted octanol–water partition coefficient (Wildman–Crippen LogP) is 3.90. The number of nitrogens with zero attached hydrogens (tertiary/aromatic N) is 2. The molecule has 21 heavy (non-hydrogen) atoms. The van der Waals surface area contributed by atoms with Gasteiger partial charge in [0.25, 0.3) is 0 Å². The maximum absolute atomic E-state index is 11.4. The lowest BCUT2D eigenvalue weighted by Crippen LogP contribution is -2.14. The van der Waals surface area contributed by atoms with Gasteiger partial charge in [0.15, 0.2) is 5.78 Å². The zero-order chi connectivity index (χ0) is 14.4. The molecule has 1 aromatic heterocycles. The van der Waals surface area contributed by atoms with Crippen LogP contribution in [-0.2, 0) is 4.79 Å². The fourth-order valence-electron chi connectivity index (χ4n) is 2.45. The van der Waals surface area contributed by atoms with Crippen molar-refractivity contribution in [1.29, 1.82) is 0 Å². The standard InChI is InChI=1S/C16H12N2OS2/c1-9(19)13-8-20-15(18-13)16-17-12-7-6-10-4-2-3-5-11(10)14(12)21-16/h2-7,13H,8H2,1H3. The van der Waals surface area contributed by atoms with Crippen LogP contribution in [0.25, 0.3) is 21.0 Å². The summed E-state index contributed by atoms with van der Waals surface area (Å²) in [7, 11) is 0. The van der Waals surface area contributed by atoms with E-state index in [9.17, 15) is 4.79 Å². The summed E-state index contributed by atoms with van der Waals surface area (Å²) in [6, 6.07) is 12.3. The van der Waals surface area contributed by atoms with Gasteiger partial charge in [-0.15, -0.1) is 23.1 Å². The average molecular weight is 312 g/mol. The van der Waals surface area contributed by atoms with Gasteiger partial charge in [-0.2, -0.15) is 0 Å². The van der Waals surface area contributed by atoms with Crippen molar-refractivity contribution in [2.45, 2.75) is 13.0 Å². The van der Waals surface area contributed by atoms with Gasteiger partial charge in [0.1, 0.15) is 16.1 Å². The molecule has 3 aromatic rings. The SMILES string of the molecule is CC(=O)C1CSC(c2nc3ccc4ccccc4c3s2)=N1. The Bertz CT molecular complexity index is 898.